The van der Waals surface area contributed by atoms with Crippen molar-refractivity contribution in [2.75, 3.05) is 20.2 Å². The maximum absolute atomic E-state index is 4.75. The first-order chi connectivity index (χ1) is 7.90. The van der Waals surface area contributed by atoms with Crippen LogP contribution in [0.2, 0.25) is 0 Å². The molecule has 0 saturated heterocycles. The van der Waals surface area contributed by atoms with Crippen LogP contribution in [-0.4, -0.2) is 31.6 Å². The lowest BCUT2D eigenvalue weighted by atomic mass is 10.1. The summed E-state index contributed by atoms with van der Waals surface area (Å²) >= 11 is 0. The number of aliphatic imine (C=N–C) groups is 1. The van der Waals surface area contributed by atoms with Crippen LogP contribution in [0.25, 0.3) is 5.57 Å². The van der Waals surface area contributed by atoms with E-state index in [9.17, 15) is 0 Å². The summed E-state index contributed by atoms with van der Waals surface area (Å²) < 4.78 is 4.75. The number of aromatic nitrogens is 1. The molecule has 0 fully saturated rings. The van der Waals surface area contributed by atoms with Crippen molar-refractivity contribution in [3.8, 4) is 0 Å². The highest BCUT2D eigenvalue weighted by Crippen LogP contribution is 2.17. The predicted octanol–water partition coefficient (Wildman–Crippen LogP) is 1.76. The van der Waals surface area contributed by atoms with Gasteiger partial charge in [0.05, 0.1) is 24.7 Å². The second kappa shape index (κ2) is 5.42. The van der Waals surface area contributed by atoms with Gasteiger partial charge < -0.3 is 10.1 Å². The van der Waals surface area contributed by atoms with Crippen molar-refractivity contribution in [2.45, 2.75) is 6.42 Å². The second-order valence-corrected chi connectivity index (χ2v) is 3.57. The number of rotatable bonds is 3. The normalized spacial score (nSPS) is 16.2. The topological polar surface area (TPSA) is 46.5 Å². The molecule has 0 bridgehead atoms. The van der Waals surface area contributed by atoms with E-state index in [1.807, 2.05) is 12.1 Å². The summed E-state index contributed by atoms with van der Waals surface area (Å²) in [4.78, 5) is 8.44. The average Bonchev–Trinajstić information content (AvgIpc) is 2.38. The van der Waals surface area contributed by atoms with E-state index in [1.54, 1.807) is 13.3 Å². The fourth-order valence-corrected chi connectivity index (χ4v) is 1.60. The molecule has 0 unspecified atom stereocenters. The molecule has 84 valence electrons. The summed E-state index contributed by atoms with van der Waals surface area (Å²) in [7, 11) is 1.57. The molecule has 0 radical (unpaired) electrons. The lowest BCUT2D eigenvalue weighted by Gasteiger charge is -2.13. The van der Waals surface area contributed by atoms with Crippen molar-refractivity contribution < 1.29 is 4.74 Å². The number of ether oxygens (including phenoxy) is 1. The highest BCUT2D eigenvalue weighted by Gasteiger charge is 2.06. The average molecular weight is 217 g/mol. The van der Waals surface area contributed by atoms with Crippen molar-refractivity contribution in [3.63, 3.8) is 0 Å². The zero-order chi connectivity index (χ0) is 11.2. The van der Waals surface area contributed by atoms with Crippen molar-refractivity contribution in [1.29, 1.82) is 0 Å². The van der Waals surface area contributed by atoms with Crippen LogP contribution in [0.5, 0.6) is 0 Å². The van der Waals surface area contributed by atoms with E-state index in [1.165, 1.54) is 12.0 Å². The predicted molar refractivity (Wildman–Crippen MR) is 64.9 cm³/mol. The Kier molecular flexibility index (Phi) is 3.66. The van der Waals surface area contributed by atoms with Crippen LogP contribution in [0.4, 0.5) is 5.69 Å². The number of pyridine rings is 1. The Labute approximate surface area is 95.1 Å². The highest BCUT2D eigenvalue weighted by molar-refractivity contribution is 5.66. The fourth-order valence-electron chi connectivity index (χ4n) is 1.60. The summed E-state index contributed by atoms with van der Waals surface area (Å²) in [6.07, 6.45) is 6.45. The molecule has 4 nitrogen and oxygen atoms in total. The molecule has 1 aliphatic rings. The summed E-state index contributed by atoms with van der Waals surface area (Å²) in [5.41, 5.74) is 3.08. The van der Waals surface area contributed by atoms with Crippen LogP contribution >= 0.6 is 0 Å². The van der Waals surface area contributed by atoms with Crippen LogP contribution in [-0.2, 0) is 4.74 Å². The van der Waals surface area contributed by atoms with E-state index < -0.39 is 0 Å². The van der Waals surface area contributed by atoms with Crippen LogP contribution in [0.1, 0.15) is 12.1 Å². The third-order valence-corrected chi connectivity index (χ3v) is 2.41. The Morgan fingerprint density at radius 1 is 1.50 bits per heavy atom. The zero-order valence-corrected chi connectivity index (χ0v) is 9.31. The molecule has 4 heteroatoms. The Balaban J connectivity index is 2.12. The van der Waals surface area contributed by atoms with Gasteiger partial charge in [0, 0.05) is 6.54 Å². The number of methoxy groups -OCH3 is 1. The van der Waals surface area contributed by atoms with Crippen molar-refractivity contribution in [2.24, 2.45) is 4.99 Å². The second-order valence-electron chi connectivity index (χ2n) is 3.57. The lowest BCUT2D eigenvalue weighted by molar-refractivity contribution is 0.423. The highest BCUT2D eigenvalue weighted by atomic mass is 16.5. The molecular formula is C12H15N3O. The first kappa shape index (κ1) is 10.8. The standard InChI is InChI=1S/C12H15N3O/c1-16-9-15-11-4-5-12(14-8-11)10-3-2-6-13-7-10/h3-5,8-9,13H,2,6-7H2,1H3/b15-9-. The number of hydrogen-bond acceptors (Lipinski definition) is 4. The van der Waals surface area contributed by atoms with Gasteiger partial charge in [0.15, 0.2) is 6.40 Å². The minimum absolute atomic E-state index is 0.801. The maximum Gasteiger partial charge on any atom is 0.174 e. The van der Waals surface area contributed by atoms with Crippen LogP contribution in [0.15, 0.2) is 29.4 Å². The number of nitrogens with one attached hydrogen (secondary N) is 1. The quantitative estimate of drug-likeness (QED) is 0.620. The molecule has 0 aliphatic carbocycles. The van der Waals surface area contributed by atoms with Gasteiger partial charge >= 0.3 is 0 Å². The van der Waals surface area contributed by atoms with Gasteiger partial charge in [-0.15, -0.1) is 0 Å². The molecule has 2 rings (SSSR count). The fraction of sp³-hybridized carbons (Fsp3) is 0.333. The Morgan fingerprint density at radius 3 is 3.06 bits per heavy atom. The maximum atomic E-state index is 4.75. The molecule has 1 N–H and O–H groups in total. The molecule has 16 heavy (non-hydrogen) atoms. The molecule has 0 spiro atoms. The molecule has 0 amide bonds. The molecule has 0 atom stereocenters. The summed E-state index contributed by atoms with van der Waals surface area (Å²) in [6.45, 7) is 1.95. The zero-order valence-electron chi connectivity index (χ0n) is 9.31. The first-order valence-electron chi connectivity index (χ1n) is 5.31. The van der Waals surface area contributed by atoms with Gasteiger partial charge in [0.2, 0.25) is 0 Å². The largest absolute Gasteiger partial charge is 0.486 e. The third kappa shape index (κ3) is 2.67. The van der Waals surface area contributed by atoms with Gasteiger partial charge in [-0.2, -0.15) is 0 Å². The Bertz CT molecular complexity index is 395. The van der Waals surface area contributed by atoms with E-state index in [2.05, 4.69) is 21.4 Å². The van der Waals surface area contributed by atoms with Gasteiger partial charge in [-0.25, -0.2) is 4.99 Å². The molecular weight excluding hydrogens is 202 g/mol. The number of hydrogen-bond donors (Lipinski definition) is 1. The van der Waals surface area contributed by atoms with Gasteiger partial charge in [0.25, 0.3) is 0 Å². The first-order valence-corrected chi connectivity index (χ1v) is 5.31. The molecule has 0 aromatic carbocycles. The molecule has 1 aliphatic heterocycles. The SMILES string of the molecule is CO/C=N\c1ccc(C2=CCCNC2)nc1. The minimum Gasteiger partial charge on any atom is -0.486 e. The molecule has 1 aromatic heterocycles. The summed E-state index contributed by atoms with van der Waals surface area (Å²) in [5, 5.41) is 3.32. The van der Waals surface area contributed by atoms with Crippen molar-refractivity contribution in [1.82, 2.24) is 10.3 Å². The Hall–Kier alpha value is -1.68. The van der Waals surface area contributed by atoms with Crippen molar-refractivity contribution >= 4 is 17.7 Å². The summed E-state index contributed by atoms with van der Waals surface area (Å²) in [5.74, 6) is 0. The smallest absolute Gasteiger partial charge is 0.174 e. The van der Waals surface area contributed by atoms with Gasteiger partial charge in [-0.05, 0) is 30.7 Å². The van der Waals surface area contributed by atoms with Crippen molar-refractivity contribution in [3.05, 3.63) is 30.1 Å². The third-order valence-electron chi connectivity index (χ3n) is 2.41. The Morgan fingerprint density at radius 2 is 2.44 bits per heavy atom. The van der Waals surface area contributed by atoms with Gasteiger partial charge in [-0.1, -0.05) is 6.08 Å². The summed E-state index contributed by atoms with van der Waals surface area (Å²) in [6, 6.07) is 3.93. The van der Waals surface area contributed by atoms with E-state index in [0.717, 1.165) is 30.9 Å². The lowest BCUT2D eigenvalue weighted by Crippen LogP contribution is -2.21. The monoisotopic (exact) mass is 217 g/mol. The van der Waals surface area contributed by atoms with Gasteiger partial charge in [-0.3, -0.25) is 4.98 Å². The molecule has 2 heterocycles. The van der Waals surface area contributed by atoms with Crippen LogP contribution in [0, 0.1) is 0 Å². The van der Waals surface area contributed by atoms with E-state index in [0.29, 0.717) is 0 Å². The van der Waals surface area contributed by atoms with Crippen LogP contribution in [0.3, 0.4) is 0 Å². The minimum atomic E-state index is 0.801. The number of nitrogens with zero attached hydrogens (tertiary/aromatic N) is 2. The van der Waals surface area contributed by atoms with Gasteiger partial charge in [0.1, 0.15) is 0 Å². The van der Waals surface area contributed by atoms with E-state index in [4.69, 9.17) is 4.74 Å². The van der Waals surface area contributed by atoms with Crippen LogP contribution < -0.4 is 5.32 Å². The molecule has 0 saturated carbocycles. The van der Waals surface area contributed by atoms with E-state index in [-0.39, 0.29) is 0 Å². The molecule has 1 aromatic rings. The van der Waals surface area contributed by atoms with E-state index >= 15 is 0 Å².